The molecule has 0 aliphatic carbocycles. The Morgan fingerprint density at radius 1 is 0.878 bits per heavy atom. The van der Waals surface area contributed by atoms with Crippen molar-refractivity contribution < 1.29 is 17.9 Å². The Bertz CT molecular complexity index is 1360. The zero-order valence-electron chi connectivity index (χ0n) is 24.6. The molecule has 1 aliphatic heterocycles. The minimum Gasteiger partial charge on any atom is -0.483 e. The molecule has 1 unspecified atom stereocenters. The lowest BCUT2D eigenvalue weighted by Crippen LogP contribution is -2.43. The number of nitrogens with one attached hydrogen (secondary N) is 1. The van der Waals surface area contributed by atoms with Gasteiger partial charge < -0.3 is 15.0 Å². The maximum absolute atomic E-state index is 13.6. The molecule has 0 aromatic heterocycles. The van der Waals surface area contributed by atoms with Crippen molar-refractivity contribution in [2.75, 3.05) is 39.3 Å². The van der Waals surface area contributed by atoms with Crippen LogP contribution in [0.5, 0.6) is 5.75 Å². The van der Waals surface area contributed by atoms with Crippen LogP contribution in [0.4, 0.5) is 0 Å². The molecule has 3 aromatic carbocycles. The molecule has 0 bridgehead atoms. The van der Waals surface area contributed by atoms with Crippen molar-refractivity contribution in [3.8, 4) is 5.75 Å². The summed E-state index contributed by atoms with van der Waals surface area (Å²) >= 11 is 0. The third-order valence-corrected chi connectivity index (χ3v) is 9.49. The molecule has 7 nitrogen and oxygen atoms in total. The lowest BCUT2D eigenvalue weighted by molar-refractivity contribution is -0.134. The lowest BCUT2D eigenvalue weighted by atomic mass is 9.94. The summed E-state index contributed by atoms with van der Waals surface area (Å²) in [5.41, 5.74) is 3.04. The Morgan fingerprint density at radius 2 is 1.46 bits per heavy atom. The van der Waals surface area contributed by atoms with Gasteiger partial charge in [-0.15, -0.1) is 0 Å². The summed E-state index contributed by atoms with van der Waals surface area (Å²) in [6, 6.07) is 24.6. The second-order valence-electron chi connectivity index (χ2n) is 11.5. The molecule has 1 heterocycles. The van der Waals surface area contributed by atoms with Gasteiger partial charge in [-0.1, -0.05) is 80.6 Å². The first-order valence-electron chi connectivity index (χ1n) is 14.4. The fraction of sp³-hybridized carbons (Fsp3) is 0.424. The van der Waals surface area contributed by atoms with Gasteiger partial charge in [-0.3, -0.25) is 4.79 Å². The van der Waals surface area contributed by atoms with Gasteiger partial charge in [-0.05, 0) is 67.0 Å². The SMILES string of the molecule is Cc1cccc(C)c1OCC(=O)N(Cc1ccccc1)CC1CNC[C@H]1CN(CC(C)C)S(=O)(=O)c1ccccc1. The van der Waals surface area contributed by atoms with Gasteiger partial charge in [0.1, 0.15) is 5.75 Å². The van der Waals surface area contributed by atoms with E-state index in [2.05, 4.69) is 5.32 Å². The molecule has 1 saturated heterocycles. The van der Waals surface area contributed by atoms with Crippen molar-refractivity contribution in [3.05, 3.63) is 95.6 Å². The van der Waals surface area contributed by atoms with Crippen LogP contribution in [-0.2, 0) is 21.4 Å². The molecule has 4 rings (SSSR count). The Kier molecular flexibility index (Phi) is 10.6. The maximum Gasteiger partial charge on any atom is 0.260 e. The largest absolute Gasteiger partial charge is 0.483 e. The summed E-state index contributed by atoms with van der Waals surface area (Å²) in [5.74, 6) is 1.01. The number of sulfonamides is 1. The van der Waals surface area contributed by atoms with Crippen LogP contribution in [0.25, 0.3) is 0 Å². The monoisotopic (exact) mass is 577 g/mol. The molecule has 0 spiro atoms. The van der Waals surface area contributed by atoms with E-state index in [1.165, 1.54) is 0 Å². The van der Waals surface area contributed by atoms with Gasteiger partial charge in [-0.25, -0.2) is 8.42 Å². The highest BCUT2D eigenvalue weighted by Gasteiger charge is 2.35. The summed E-state index contributed by atoms with van der Waals surface area (Å²) in [5, 5.41) is 3.46. The number of amides is 1. The standard InChI is InChI=1S/C33H43N3O4S/c1-25(2)20-36(41(38,39)31-16-9-6-10-17-31)23-30-19-34-18-29(30)22-35(21-28-14-7-5-8-15-28)32(37)24-40-33-26(3)12-11-13-27(33)4/h5-17,25,29-30,34H,18-24H2,1-4H3/t29?,30-/m0/s1. The van der Waals surface area contributed by atoms with Crippen molar-refractivity contribution in [1.29, 1.82) is 0 Å². The quantitative estimate of drug-likeness (QED) is 0.313. The molecule has 2 atom stereocenters. The molecule has 41 heavy (non-hydrogen) atoms. The fourth-order valence-corrected chi connectivity index (χ4v) is 7.17. The molecule has 1 aliphatic rings. The number of hydrogen-bond donors (Lipinski definition) is 1. The molecule has 1 amide bonds. The number of benzene rings is 3. The van der Waals surface area contributed by atoms with Gasteiger partial charge in [0, 0.05) is 32.7 Å². The first-order valence-corrected chi connectivity index (χ1v) is 15.9. The Balaban J connectivity index is 1.52. The topological polar surface area (TPSA) is 79.0 Å². The highest BCUT2D eigenvalue weighted by atomic mass is 32.2. The van der Waals surface area contributed by atoms with E-state index < -0.39 is 10.0 Å². The van der Waals surface area contributed by atoms with Crippen LogP contribution in [0.15, 0.2) is 83.8 Å². The van der Waals surface area contributed by atoms with Crippen molar-refractivity contribution >= 4 is 15.9 Å². The van der Waals surface area contributed by atoms with Gasteiger partial charge in [0.25, 0.3) is 5.91 Å². The van der Waals surface area contributed by atoms with E-state index >= 15 is 0 Å². The van der Waals surface area contributed by atoms with Gasteiger partial charge in [0.15, 0.2) is 6.61 Å². The van der Waals surface area contributed by atoms with E-state index in [-0.39, 0.29) is 30.3 Å². The average Bonchev–Trinajstić information content (AvgIpc) is 3.39. The zero-order valence-corrected chi connectivity index (χ0v) is 25.4. The van der Waals surface area contributed by atoms with Gasteiger partial charge in [0.2, 0.25) is 10.0 Å². The fourth-order valence-electron chi connectivity index (χ4n) is 5.49. The third-order valence-electron chi connectivity index (χ3n) is 7.64. The van der Waals surface area contributed by atoms with E-state index in [1.807, 2.05) is 87.2 Å². The van der Waals surface area contributed by atoms with Gasteiger partial charge in [0.05, 0.1) is 4.90 Å². The first-order chi connectivity index (χ1) is 19.6. The van der Waals surface area contributed by atoms with Crippen LogP contribution < -0.4 is 10.1 Å². The smallest absolute Gasteiger partial charge is 0.260 e. The van der Waals surface area contributed by atoms with Crippen molar-refractivity contribution in [2.24, 2.45) is 17.8 Å². The predicted octanol–water partition coefficient (Wildman–Crippen LogP) is 4.89. The Morgan fingerprint density at radius 3 is 2.07 bits per heavy atom. The van der Waals surface area contributed by atoms with Crippen LogP contribution in [-0.4, -0.2) is 62.9 Å². The van der Waals surface area contributed by atoms with Crippen molar-refractivity contribution in [3.63, 3.8) is 0 Å². The van der Waals surface area contributed by atoms with Gasteiger partial charge >= 0.3 is 0 Å². The van der Waals surface area contributed by atoms with E-state index in [4.69, 9.17) is 4.74 Å². The molecule has 0 saturated carbocycles. The minimum atomic E-state index is -3.64. The maximum atomic E-state index is 13.6. The number of nitrogens with zero attached hydrogens (tertiary/aromatic N) is 2. The summed E-state index contributed by atoms with van der Waals surface area (Å²) in [6.07, 6.45) is 0. The number of rotatable bonds is 13. The van der Waals surface area contributed by atoms with E-state index in [1.54, 1.807) is 28.6 Å². The normalized spacial score (nSPS) is 17.2. The van der Waals surface area contributed by atoms with E-state index in [0.717, 1.165) is 29.0 Å². The zero-order chi connectivity index (χ0) is 29.4. The van der Waals surface area contributed by atoms with Crippen LogP contribution in [0, 0.1) is 31.6 Å². The third kappa shape index (κ3) is 8.18. The van der Waals surface area contributed by atoms with Crippen LogP contribution in [0.3, 0.4) is 0 Å². The molecule has 0 radical (unpaired) electrons. The predicted molar refractivity (Wildman–Crippen MR) is 163 cm³/mol. The molecule has 3 aromatic rings. The summed E-state index contributed by atoms with van der Waals surface area (Å²) in [7, 11) is -3.64. The summed E-state index contributed by atoms with van der Waals surface area (Å²) in [6.45, 7) is 11.2. The molecule has 8 heteroatoms. The average molecular weight is 578 g/mol. The first kappa shape index (κ1) is 30.8. The van der Waals surface area contributed by atoms with Crippen molar-refractivity contribution in [2.45, 2.75) is 39.1 Å². The molecule has 220 valence electrons. The number of para-hydroxylation sites is 1. The molecular weight excluding hydrogens is 534 g/mol. The number of ether oxygens (including phenoxy) is 1. The molecule has 1 fully saturated rings. The highest BCUT2D eigenvalue weighted by molar-refractivity contribution is 7.89. The highest BCUT2D eigenvalue weighted by Crippen LogP contribution is 2.26. The molecule has 1 N–H and O–H groups in total. The van der Waals surface area contributed by atoms with Crippen molar-refractivity contribution in [1.82, 2.24) is 14.5 Å². The number of carbonyl (C=O) groups is 1. The van der Waals surface area contributed by atoms with E-state index in [0.29, 0.717) is 37.6 Å². The summed E-state index contributed by atoms with van der Waals surface area (Å²) in [4.78, 5) is 15.8. The van der Waals surface area contributed by atoms with Crippen LogP contribution in [0.2, 0.25) is 0 Å². The Labute approximate surface area is 245 Å². The van der Waals surface area contributed by atoms with E-state index in [9.17, 15) is 13.2 Å². The van der Waals surface area contributed by atoms with Crippen LogP contribution in [0.1, 0.15) is 30.5 Å². The van der Waals surface area contributed by atoms with Gasteiger partial charge in [-0.2, -0.15) is 4.31 Å². The number of hydrogen-bond acceptors (Lipinski definition) is 5. The lowest BCUT2D eigenvalue weighted by Gasteiger charge is -2.32. The molecular formula is C33H43N3O4S. The van der Waals surface area contributed by atoms with Crippen LogP contribution >= 0.6 is 0 Å². The summed E-state index contributed by atoms with van der Waals surface area (Å²) < 4.78 is 34.9. The number of aryl methyl sites for hydroxylation is 2. The Hall–Kier alpha value is -3.20. The number of carbonyl (C=O) groups excluding carboxylic acids is 1. The minimum absolute atomic E-state index is 0.0504. The second kappa shape index (κ2) is 14.1. The second-order valence-corrected chi connectivity index (χ2v) is 13.4.